The number of aliphatic hydroxyl groups is 1. The normalized spacial score (nSPS) is 50.3. The molecule has 3 heteroatoms. The highest BCUT2D eigenvalue weighted by Crippen LogP contribution is 2.65. The number of rotatable bonds is 1. The Morgan fingerprint density at radius 3 is 2.71 bits per heavy atom. The number of carbonyl (C=O) groups is 1. The first-order chi connectivity index (χ1) is 11.3. The summed E-state index contributed by atoms with van der Waals surface area (Å²) in [6.45, 7) is 6.38. The second-order valence-corrected chi connectivity index (χ2v) is 9.38. The molecule has 0 saturated heterocycles. The Bertz CT molecular complexity index is 567. The van der Waals surface area contributed by atoms with Crippen molar-refractivity contribution in [2.24, 2.45) is 28.6 Å². The van der Waals surface area contributed by atoms with Gasteiger partial charge in [0.25, 0.3) is 0 Å². The molecule has 0 radical (unpaired) electrons. The van der Waals surface area contributed by atoms with Gasteiger partial charge in [-0.25, -0.2) is 0 Å². The van der Waals surface area contributed by atoms with Crippen molar-refractivity contribution in [2.75, 3.05) is 0 Å². The van der Waals surface area contributed by atoms with Gasteiger partial charge in [-0.05, 0) is 74.5 Å². The molecule has 4 aliphatic rings. The van der Waals surface area contributed by atoms with Gasteiger partial charge in [0.05, 0.1) is 6.10 Å². The van der Waals surface area contributed by atoms with E-state index in [1.165, 1.54) is 24.8 Å². The van der Waals surface area contributed by atoms with Crippen molar-refractivity contribution >= 4 is 5.97 Å². The summed E-state index contributed by atoms with van der Waals surface area (Å²) in [7, 11) is 0. The number of hydrogen-bond donors (Lipinski definition) is 1. The molecule has 2 unspecified atom stereocenters. The average Bonchev–Trinajstić information content (AvgIpc) is 2.84. The quantitative estimate of drug-likeness (QED) is 0.577. The first-order valence-corrected chi connectivity index (χ1v) is 9.89. The smallest absolute Gasteiger partial charge is 0.302 e. The monoisotopic (exact) mass is 332 g/mol. The van der Waals surface area contributed by atoms with Gasteiger partial charge in [0.1, 0.15) is 6.10 Å². The second kappa shape index (κ2) is 5.59. The lowest BCUT2D eigenvalue weighted by Crippen LogP contribution is -2.51. The van der Waals surface area contributed by atoms with Crippen molar-refractivity contribution < 1.29 is 14.6 Å². The van der Waals surface area contributed by atoms with Gasteiger partial charge in [0.15, 0.2) is 0 Å². The van der Waals surface area contributed by atoms with E-state index in [2.05, 4.69) is 19.9 Å². The Balaban J connectivity index is 1.62. The Morgan fingerprint density at radius 2 is 1.96 bits per heavy atom. The van der Waals surface area contributed by atoms with Gasteiger partial charge in [-0.2, -0.15) is 0 Å². The van der Waals surface area contributed by atoms with Crippen LogP contribution in [0.15, 0.2) is 11.6 Å². The Hall–Kier alpha value is -0.830. The molecule has 0 spiro atoms. The van der Waals surface area contributed by atoms with Gasteiger partial charge in [-0.15, -0.1) is 0 Å². The summed E-state index contributed by atoms with van der Waals surface area (Å²) >= 11 is 0. The minimum atomic E-state index is -0.130. The predicted molar refractivity (Wildman–Crippen MR) is 93.3 cm³/mol. The summed E-state index contributed by atoms with van der Waals surface area (Å²) < 4.78 is 5.72. The standard InChI is InChI=1S/C21H32O3/c1-13(22)24-19-7-6-17-16-5-4-14-12-15(23)8-10-20(14,2)18(16)9-11-21(17,19)3/h4,15-19,23H,5-12H2,1-3H3/t15?,16?,17-,18-,19-,20-,21-/m0/s1. The summed E-state index contributed by atoms with van der Waals surface area (Å²) in [5, 5.41) is 10.1. The van der Waals surface area contributed by atoms with Crippen LogP contribution in [0.5, 0.6) is 0 Å². The van der Waals surface area contributed by atoms with E-state index in [-0.39, 0.29) is 23.6 Å². The summed E-state index contributed by atoms with van der Waals surface area (Å²) in [5.41, 5.74) is 1.99. The largest absolute Gasteiger partial charge is 0.462 e. The maximum Gasteiger partial charge on any atom is 0.302 e. The minimum Gasteiger partial charge on any atom is -0.462 e. The average molecular weight is 332 g/mol. The van der Waals surface area contributed by atoms with Crippen LogP contribution in [-0.2, 0) is 9.53 Å². The number of ether oxygens (including phenoxy) is 1. The minimum absolute atomic E-state index is 0.118. The Kier molecular flexibility index (Phi) is 3.87. The van der Waals surface area contributed by atoms with E-state index in [0.29, 0.717) is 11.3 Å². The fourth-order valence-electron chi connectivity index (χ4n) is 6.99. The van der Waals surface area contributed by atoms with E-state index in [0.717, 1.165) is 43.9 Å². The number of esters is 1. The Labute approximate surface area is 145 Å². The highest BCUT2D eigenvalue weighted by Gasteiger charge is 2.59. The van der Waals surface area contributed by atoms with Crippen LogP contribution >= 0.6 is 0 Å². The predicted octanol–water partition coefficient (Wildman–Crippen LogP) is 4.24. The fourth-order valence-corrected chi connectivity index (χ4v) is 6.99. The van der Waals surface area contributed by atoms with Crippen molar-refractivity contribution in [2.45, 2.75) is 84.3 Å². The zero-order valence-electron chi connectivity index (χ0n) is 15.4. The molecule has 3 saturated carbocycles. The summed E-state index contributed by atoms with van der Waals surface area (Å²) in [6.07, 6.45) is 11.3. The van der Waals surface area contributed by atoms with E-state index < -0.39 is 0 Å². The number of allylic oxidation sites excluding steroid dienone is 1. The highest BCUT2D eigenvalue weighted by molar-refractivity contribution is 5.66. The van der Waals surface area contributed by atoms with Crippen LogP contribution in [0.3, 0.4) is 0 Å². The molecule has 3 nitrogen and oxygen atoms in total. The van der Waals surface area contributed by atoms with E-state index in [9.17, 15) is 9.90 Å². The van der Waals surface area contributed by atoms with Crippen LogP contribution in [0.4, 0.5) is 0 Å². The first kappa shape index (κ1) is 16.6. The van der Waals surface area contributed by atoms with Crippen molar-refractivity contribution in [3.63, 3.8) is 0 Å². The van der Waals surface area contributed by atoms with E-state index in [1.807, 2.05) is 0 Å². The molecular formula is C21H32O3. The van der Waals surface area contributed by atoms with Crippen LogP contribution in [0.2, 0.25) is 0 Å². The molecule has 3 fully saturated rings. The molecule has 4 aliphatic carbocycles. The van der Waals surface area contributed by atoms with Gasteiger partial charge in [0, 0.05) is 12.3 Å². The van der Waals surface area contributed by atoms with Crippen LogP contribution in [-0.4, -0.2) is 23.3 Å². The van der Waals surface area contributed by atoms with Crippen molar-refractivity contribution in [3.05, 3.63) is 11.6 Å². The molecule has 1 N–H and O–H groups in total. The third kappa shape index (κ3) is 2.30. The molecule has 0 heterocycles. The molecule has 0 aliphatic heterocycles. The number of fused-ring (bicyclic) bond motifs is 5. The van der Waals surface area contributed by atoms with Crippen LogP contribution in [0, 0.1) is 28.6 Å². The van der Waals surface area contributed by atoms with Gasteiger partial charge in [-0.3, -0.25) is 4.79 Å². The molecule has 134 valence electrons. The van der Waals surface area contributed by atoms with Gasteiger partial charge in [0.2, 0.25) is 0 Å². The molecular weight excluding hydrogens is 300 g/mol. The first-order valence-electron chi connectivity index (χ1n) is 9.89. The molecule has 0 aromatic rings. The SMILES string of the molecule is CC(=O)O[C@H]1CC[C@H]2C3CC=C4CC(O)CC[C@]4(C)[C@H]3CC[C@]12C. The number of carbonyl (C=O) groups excluding carboxylic acids is 1. The zero-order valence-corrected chi connectivity index (χ0v) is 15.4. The van der Waals surface area contributed by atoms with Gasteiger partial charge >= 0.3 is 5.97 Å². The third-order valence-corrected chi connectivity index (χ3v) is 8.30. The number of aliphatic hydroxyl groups excluding tert-OH is 1. The lowest BCUT2D eigenvalue weighted by molar-refractivity contribution is -0.156. The third-order valence-electron chi connectivity index (χ3n) is 8.30. The van der Waals surface area contributed by atoms with Crippen LogP contribution < -0.4 is 0 Å². The lowest BCUT2D eigenvalue weighted by atomic mass is 9.48. The molecule has 24 heavy (non-hydrogen) atoms. The topological polar surface area (TPSA) is 46.5 Å². The van der Waals surface area contributed by atoms with E-state index in [1.54, 1.807) is 6.92 Å². The van der Waals surface area contributed by atoms with E-state index in [4.69, 9.17) is 4.74 Å². The maximum absolute atomic E-state index is 11.5. The van der Waals surface area contributed by atoms with E-state index >= 15 is 0 Å². The molecule has 0 aromatic carbocycles. The highest BCUT2D eigenvalue weighted by atomic mass is 16.5. The Morgan fingerprint density at radius 1 is 1.17 bits per heavy atom. The van der Waals surface area contributed by atoms with Gasteiger partial charge in [-0.1, -0.05) is 25.5 Å². The summed E-state index contributed by atoms with van der Waals surface area (Å²) in [6, 6.07) is 0. The second-order valence-electron chi connectivity index (χ2n) is 9.38. The molecule has 7 atom stereocenters. The van der Waals surface area contributed by atoms with Crippen molar-refractivity contribution in [1.29, 1.82) is 0 Å². The zero-order chi connectivity index (χ0) is 17.1. The summed E-state index contributed by atoms with van der Waals surface area (Å²) in [5.74, 6) is 2.04. The number of hydrogen-bond acceptors (Lipinski definition) is 3. The fraction of sp³-hybridized carbons (Fsp3) is 0.857. The maximum atomic E-state index is 11.5. The molecule has 4 rings (SSSR count). The van der Waals surface area contributed by atoms with Crippen molar-refractivity contribution in [3.8, 4) is 0 Å². The molecule has 0 bridgehead atoms. The van der Waals surface area contributed by atoms with Crippen molar-refractivity contribution in [1.82, 2.24) is 0 Å². The summed E-state index contributed by atoms with van der Waals surface area (Å²) in [4.78, 5) is 11.5. The van der Waals surface area contributed by atoms with Gasteiger partial charge < -0.3 is 9.84 Å². The van der Waals surface area contributed by atoms with Crippen LogP contribution in [0.25, 0.3) is 0 Å². The molecule has 0 amide bonds. The van der Waals surface area contributed by atoms with Crippen LogP contribution in [0.1, 0.15) is 72.1 Å². The lowest BCUT2D eigenvalue weighted by Gasteiger charge is -2.57. The molecule has 0 aromatic heterocycles.